The van der Waals surface area contributed by atoms with E-state index in [2.05, 4.69) is 0 Å². The van der Waals surface area contributed by atoms with Gasteiger partial charge >= 0.3 is 0 Å². The average molecular weight is 291 g/mol. The van der Waals surface area contributed by atoms with Gasteiger partial charge in [-0.15, -0.1) is 0 Å². The summed E-state index contributed by atoms with van der Waals surface area (Å²) in [5.41, 5.74) is -0.109. The molecule has 2 heterocycles. The van der Waals surface area contributed by atoms with Crippen molar-refractivity contribution in [2.45, 2.75) is 37.4 Å². The Balaban J connectivity index is 1.67. The van der Waals surface area contributed by atoms with Gasteiger partial charge in [0.1, 0.15) is 23.7 Å². The fourth-order valence-corrected chi connectivity index (χ4v) is 3.03. The van der Waals surface area contributed by atoms with E-state index in [4.69, 9.17) is 19.5 Å². The normalized spacial score (nSPS) is 24.5. The van der Waals surface area contributed by atoms with Gasteiger partial charge in [-0.25, -0.2) is 4.39 Å². The van der Waals surface area contributed by atoms with E-state index in [1.807, 2.05) is 6.07 Å². The van der Waals surface area contributed by atoms with Gasteiger partial charge in [0.2, 0.25) is 0 Å². The molecule has 2 aliphatic rings. The predicted octanol–water partition coefficient (Wildman–Crippen LogP) is 2.80. The van der Waals surface area contributed by atoms with Crippen LogP contribution in [-0.2, 0) is 9.47 Å². The van der Waals surface area contributed by atoms with E-state index < -0.39 is 5.82 Å². The van der Waals surface area contributed by atoms with Gasteiger partial charge in [0.15, 0.2) is 0 Å². The molecule has 2 aliphatic heterocycles. The maximum atomic E-state index is 13.6. The molecule has 0 N–H and O–H groups in total. The standard InChI is InChI=1S/C16H18FNO3/c17-15-9-13(2-1-12(15)11-18)21-14-3-6-20-16(10-14)4-7-19-8-5-16/h1-2,9,14H,3-8,10H2. The third-order valence-electron chi connectivity index (χ3n) is 4.22. The highest BCUT2D eigenvalue weighted by Gasteiger charge is 2.39. The number of nitrogens with zero attached hydrogens (tertiary/aromatic N) is 1. The lowest BCUT2D eigenvalue weighted by Crippen LogP contribution is -2.47. The van der Waals surface area contributed by atoms with Crippen molar-refractivity contribution < 1.29 is 18.6 Å². The first-order valence-electron chi connectivity index (χ1n) is 7.29. The maximum Gasteiger partial charge on any atom is 0.144 e. The van der Waals surface area contributed by atoms with Crippen molar-refractivity contribution in [1.82, 2.24) is 0 Å². The zero-order valence-corrected chi connectivity index (χ0v) is 11.8. The van der Waals surface area contributed by atoms with Crippen molar-refractivity contribution in [1.29, 1.82) is 5.26 Å². The number of benzene rings is 1. The van der Waals surface area contributed by atoms with E-state index in [0.717, 1.165) is 38.9 Å². The lowest BCUT2D eigenvalue weighted by atomic mass is 9.85. The van der Waals surface area contributed by atoms with Crippen LogP contribution in [0.2, 0.25) is 0 Å². The summed E-state index contributed by atoms with van der Waals surface area (Å²) in [6, 6.07) is 6.19. The predicted molar refractivity (Wildman–Crippen MR) is 73.5 cm³/mol. The highest BCUT2D eigenvalue weighted by molar-refractivity contribution is 5.36. The number of ether oxygens (including phenoxy) is 3. The molecule has 5 heteroatoms. The molecule has 1 unspecified atom stereocenters. The van der Waals surface area contributed by atoms with Gasteiger partial charge in [-0.1, -0.05) is 0 Å². The minimum Gasteiger partial charge on any atom is -0.490 e. The summed E-state index contributed by atoms with van der Waals surface area (Å²) in [5.74, 6) is -0.0663. The molecule has 1 spiro atoms. The quantitative estimate of drug-likeness (QED) is 0.840. The molecule has 1 aromatic carbocycles. The highest BCUT2D eigenvalue weighted by Crippen LogP contribution is 2.35. The van der Waals surface area contributed by atoms with Crippen LogP contribution in [0.3, 0.4) is 0 Å². The molecule has 0 bridgehead atoms. The topological polar surface area (TPSA) is 51.5 Å². The van der Waals surface area contributed by atoms with Crippen LogP contribution in [0.25, 0.3) is 0 Å². The maximum absolute atomic E-state index is 13.6. The van der Waals surface area contributed by atoms with Gasteiger partial charge in [-0.2, -0.15) is 5.26 Å². The minimum atomic E-state index is -0.539. The lowest BCUT2D eigenvalue weighted by molar-refractivity contribution is -0.155. The van der Waals surface area contributed by atoms with Crippen molar-refractivity contribution in [3.63, 3.8) is 0 Å². The van der Waals surface area contributed by atoms with Crippen LogP contribution < -0.4 is 4.74 Å². The molecule has 1 aromatic rings. The van der Waals surface area contributed by atoms with Crippen molar-refractivity contribution in [2.75, 3.05) is 19.8 Å². The van der Waals surface area contributed by atoms with Crippen molar-refractivity contribution >= 4 is 0 Å². The second-order valence-corrected chi connectivity index (χ2v) is 5.63. The lowest BCUT2D eigenvalue weighted by Gasteiger charge is -2.43. The Bertz CT molecular complexity index is 543. The van der Waals surface area contributed by atoms with E-state index >= 15 is 0 Å². The van der Waals surface area contributed by atoms with Gasteiger partial charge < -0.3 is 14.2 Å². The number of nitriles is 1. The van der Waals surface area contributed by atoms with Gasteiger partial charge in [0.05, 0.1) is 17.8 Å². The molecule has 21 heavy (non-hydrogen) atoms. The van der Waals surface area contributed by atoms with Crippen LogP contribution >= 0.6 is 0 Å². The first kappa shape index (κ1) is 14.3. The SMILES string of the molecule is N#Cc1ccc(OC2CCOC3(CCOCC3)C2)cc1F. The molecule has 0 aromatic heterocycles. The summed E-state index contributed by atoms with van der Waals surface area (Å²) >= 11 is 0. The van der Waals surface area contributed by atoms with E-state index in [1.54, 1.807) is 6.07 Å². The molecule has 0 amide bonds. The van der Waals surface area contributed by atoms with E-state index in [-0.39, 0.29) is 17.3 Å². The van der Waals surface area contributed by atoms with Crippen LogP contribution in [0, 0.1) is 17.1 Å². The van der Waals surface area contributed by atoms with Gasteiger partial charge in [-0.05, 0) is 25.0 Å². The minimum absolute atomic E-state index is 0.0178. The molecule has 112 valence electrons. The first-order valence-corrected chi connectivity index (χ1v) is 7.29. The molecule has 0 saturated carbocycles. The molecule has 0 radical (unpaired) electrons. The number of hydrogen-bond donors (Lipinski definition) is 0. The number of hydrogen-bond acceptors (Lipinski definition) is 4. The third kappa shape index (κ3) is 3.17. The Morgan fingerprint density at radius 2 is 2.10 bits per heavy atom. The Hall–Kier alpha value is -1.64. The van der Waals surface area contributed by atoms with Crippen molar-refractivity contribution in [3.05, 3.63) is 29.6 Å². The van der Waals surface area contributed by atoms with Gasteiger partial charge in [-0.3, -0.25) is 0 Å². The largest absolute Gasteiger partial charge is 0.490 e. The van der Waals surface area contributed by atoms with E-state index in [0.29, 0.717) is 12.4 Å². The summed E-state index contributed by atoms with van der Waals surface area (Å²) < 4.78 is 30.9. The molecular formula is C16H18FNO3. The van der Waals surface area contributed by atoms with Crippen molar-refractivity contribution in [2.24, 2.45) is 0 Å². The van der Waals surface area contributed by atoms with Gasteiger partial charge in [0.25, 0.3) is 0 Å². The molecule has 3 rings (SSSR count). The highest BCUT2D eigenvalue weighted by atomic mass is 19.1. The smallest absolute Gasteiger partial charge is 0.144 e. The average Bonchev–Trinajstić information content (AvgIpc) is 2.48. The first-order chi connectivity index (χ1) is 10.2. The Labute approximate surface area is 123 Å². The second-order valence-electron chi connectivity index (χ2n) is 5.63. The zero-order chi connectivity index (χ0) is 14.7. The third-order valence-corrected chi connectivity index (χ3v) is 4.22. The van der Waals surface area contributed by atoms with Crippen molar-refractivity contribution in [3.8, 4) is 11.8 Å². The fraction of sp³-hybridized carbons (Fsp3) is 0.562. The fourth-order valence-electron chi connectivity index (χ4n) is 3.03. The Morgan fingerprint density at radius 1 is 1.29 bits per heavy atom. The number of rotatable bonds is 2. The molecule has 4 nitrogen and oxygen atoms in total. The summed E-state index contributed by atoms with van der Waals surface area (Å²) in [7, 11) is 0. The van der Waals surface area contributed by atoms with E-state index in [1.165, 1.54) is 12.1 Å². The molecular weight excluding hydrogens is 273 g/mol. The summed E-state index contributed by atoms with van der Waals surface area (Å²) in [4.78, 5) is 0. The summed E-state index contributed by atoms with van der Waals surface area (Å²) in [5, 5.41) is 8.74. The number of halogens is 1. The summed E-state index contributed by atoms with van der Waals surface area (Å²) in [6.45, 7) is 2.10. The van der Waals surface area contributed by atoms with Crippen LogP contribution in [0.4, 0.5) is 4.39 Å². The van der Waals surface area contributed by atoms with Gasteiger partial charge in [0, 0.05) is 32.1 Å². The Kier molecular flexibility index (Phi) is 4.09. The molecule has 1 atom stereocenters. The molecule has 2 fully saturated rings. The van der Waals surface area contributed by atoms with Crippen LogP contribution in [0.1, 0.15) is 31.2 Å². The monoisotopic (exact) mass is 291 g/mol. The zero-order valence-electron chi connectivity index (χ0n) is 11.8. The van der Waals surface area contributed by atoms with Crippen LogP contribution in [-0.4, -0.2) is 31.5 Å². The van der Waals surface area contributed by atoms with E-state index in [9.17, 15) is 4.39 Å². The van der Waals surface area contributed by atoms with Crippen LogP contribution in [0.15, 0.2) is 18.2 Å². The Morgan fingerprint density at radius 3 is 2.81 bits per heavy atom. The van der Waals surface area contributed by atoms with Crippen LogP contribution in [0.5, 0.6) is 5.75 Å². The second kappa shape index (κ2) is 6.00. The summed E-state index contributed by atoms with van der Waals surface area (Å²) in [6.07, 6.45) is 3.38. The molecule has 2 saturated heterocycles. The molecule has 0 aliphatic carbocycles.